The van der Waals surface area contributed by atoms with Gasteiger partial charge in [-0.3, -0.25) is 9.69 Å². The average Bonchev–Trinajstić information content (AvgIpc) is 2.93. The zero-order chi connectivity index (χ0) is 13.0. The van der Waals surface area contributed by atoms with Crippen molar-refractivity contribution in [2.75, 3.05) is 26.2 Å². The van der Waals surface area contributed by atoms with Gasteiger partial charge in [-0.05, 0) is 11.4 Å². The Labute approximate surface area is 111 Å². The molecule has 1 atom stereocenters. The summed E-state index contributed by atoms with van der Waals surface area (Å²) in [6.07, 6.45) is 0.562. The predicted molar refractivity (Wildman–Crippen MR) is 71.1 cm³/mol. The molecule has 0 aliphatic carbocycles. The maximum atomic E-state index is 11.6. The number of carbonyl (C=O) groups is 1. The molecular weight excluding hydrogens is 246 g/mol. The van der Waals surface area contributed by atoms with Crippen molar-refractivity contribution in [3.05, 3.63) is 22.4 Å². The number of carbonyl (C=O) groups excluding carboxylic acids is 1. The molecule has 1 aliphatic heterocycles. The van der Waals surface area contributed by atoms with Crippen LogP contribution in [0.2, 0.25) is 0 Å². The summed E-state index contributed by atoms with van der Waals surface area (Å²) in [5, 5.41) is 11.3. The lowest BCUT2D eigenvalue weighted by Crippen LogP contribution is -2.49. The van der Waals surface area contributed by atoms with Crippen LogP contribution in [0.3, 0.4) is 0 Å². The van der Waals surface area contributed by atoms with Crippen LogP contribution in [0, 0.1) is 11.3 Å². The molecule has 0 N–H and O–H groups in total. The number of amides is 1. The van der Waals surface area contributed by atoms with E-state index in [9.17, 15) is 10.1 Å². The topological polar surface area (TPSA) is 47.3 Å². The van der Waals surface area contributed by atoms with Crippen LogP contribution in [0.5, 0.6) is 0 Å². The Morgan fingerprint density at radius 3 is 2.72 bits per heavy atom. The van der Waals surface area contributed by atoms with E-state index < -0.39 is 0 Å². The highest BCUT2D eigenvalue weighted by Crippen LogP contribution is 2.25. The molecule has 1 aliphatic rings. The predicted octanol–water partition coefficient (Wildman–Crippen LogP) is 1.87. The summed E-state index contributed by atoms with van der Waals surface area (Å²) in [7, 11) is 0. The van der Waals surface area contributed by atoms with Gasteiger partial charge in [-0.2, -0.15) is 5.26 Å². The third-order valence-electron chi connectivity index (χ3n) is 3.27. The molecule has 4 nitrogen and oxygen atoms in total. The van der Waals surface area contributed by atoms with Gasteiger partial charge < -0.3 is 4.90 Å². The van der Waals surface area contributed by atoms with E-state index in [0.29, 0.717) is 6.42 Å². The zero-order valence-electron chi connectivity index (χ0n) is 10.5. The minimum Gasteiger partial charge on any atom is -0.340 e. The molecular formula is C13H17N3OS. The minimum absolute atomic E-state index is 0.163. The van der Waals surface area contributed by atoms with Crippen LogP contribution < -0.4 is 0 Å². The van der Waals surface area contributed by atoms with E-state index >= 15 is 0 Å². The van der Waals surface area contributed by atoms with Gasteiger partial charge in [0.05, 0.1) is 6.07 Å². The first kappa shape index (κ1) is 13.1. The van der Waals surface area contributed by atoms with Gasteiger partial charge in [-0.25, -0.2) is 0 Å². The number of hydrogen-bond acceptors (Lipinski definition) is 4. The molecule has 2 rings (SSSR count). The summed E-state index contributed by atoms with van der Waals surface area (Å²) in [5.41, 5.74) is 0. The molecule has 0 spiro atoms. The zero-order valence-corrected chi connectivity index (χ0v) is 11.3. The normalized spacial score (nSPS) is 18.3. The van der Waals surface area contributed by atoms with Crippen LogP contribution >= 0.6 is 11.3 Å². The summed E-state index contributed by atoms with van der Waals surface area (Å²) >= 11 is 1.62. The maximum Gasteiger partial charge on any atom is 0.222 e. The van der Waals surface area contributed by atoms with Crippen molar-refractivity contribution >= 4 is 17.2 Å². The summed E-state index contributed by atoms with van der Waals surface area (Å²) in [4.78, 5) is 16.7. The molecule has 1 aromatic heterocycles. The van der Waals surface area contributed by atoms with E-state index in [1.807, 2.05) is 29.3 Å². The van der Waals surface area contributed by atoms with Gasteiger partial charge in [0.15, 0.2) is 0 Å². The van der Waals surface area contributed by atoms with E-state index in [2.05, 4.69) is 11.0 Å². The Kier molecular flexibility index (Phi) is 4.34. The number of piperazine rings is 1. The highest BCUT2D eigenvalue weighted by Gasteiger charge is 2.26. The SMILES string of the molecule is CCC(=O)N1CCN(C(C#N)c2cccs2)CC1. The molecule has 0 bridgehead atoms. The second kappa shape index (κ2) is 5.98. The third kappa shape index (κ3) is 2.71. The third-order valence-corrected chi connectivity index (χ3v) is 4.19. The van der Waals surface area contributed by atoms with Crippen molar-refractivity contribution in [2.45, 2.75) is 19.4 Å². The van der Waals surface area contributed by atoms with Crippen LogP contribution in [0.25, 0.3) is 0 Å². The molecule has 5 heteroatoms. The van der Waals surface area contributed by atoms with Gasteiger partial charge in [0.25, 0.3) is 0 Å². The van der Waals surface area contributed by atoms with Gasteiger partial charge in [-0.15, -0.1) is 11.3 Å². The van der Waals surface area contributed by atoms with Gasteiger partial charge >= 0.3 is 0 Å². The molecule has 1 unspecified atom stereocenters. The Balaban J connectivity index is 1.97. The molecule has 96 valence electrons. The Hall–Kier alpha value is -1.38. The Morgan fingerprint density at radius 1 is 1.50 bits per heavy atom. The lowest BCUT2D eigenvalue weighted by atomic mass is 10.2. The van der Waals surface area contributed by atoms with Crippen LogP contribution in [-0.2, 0) is 4.79 Å². The summed E-state index contributed by atoms with van der Waals surface area (Å²) < 4.78 is 0. The fourth-order valence-electron chi connectivity index (χ4n) is 2.23. The Morgan fingerprint density at radius 2 is 2.22 bits per heavy atom. The highest BCUT2D eigenvalue weighted by atomic mass is 32.1. The average molecular weight is 263 g/mol. The van der Waals surface area contributed by atoms with E-state index in [1.165, 1.54) is 0 Å². The second-order valence-corrected chi connectivity index (χ2v) is 5.30. The Bertz CT molecular complexity index is 430. The van der Waals surface area contributed by atoms with E-state index in [-0.39, 0.29) is 11.9 Å². The first-order valence-corrected chi connectivity index (χ1v) is 7.09. The van der Waals surface area contributed by atoms with E-state index in [1.54, 1.807) is 11.3 Å². The number of nitriles is 1. The molecule has 1 fully saturated rings. The van der Waals surface area contributed by atoms with Crippen LogP contribution in [0.1, 0.15) is 24.3 Å². The van der Waals surface area contributed by atoms with Crippen molar-refractivity contribution < 1.29 is 4.79 Å². The molecule has 0 saturated carbocycles. The van der Waals surface area contributed by atoms with E-state index in [0.717, 1.165) is 31.1 Å². The standard InChI is InChI=1S/C13H17N3OS/c1-2-13(17)16-7-5-15(6-8-16)11(10-14)12-4-3-9-18-12/h3-4,9,11H,2,5-8H2,1H3. The van der Waals surface area contributed by atoms with Crippen molar-refractivity contribution in [1.82, 2.24) is 9.80 Å². The number of thiophene rings is 1. The van der Waals surface area contributed by atoms with Gasteiger partial charge in [-0.1, -0.05) is 13.0 Å². The lowest BCUT2D eigenvalue weighted by Gasteiger charge is -2.36. The smallest absolute Gasteiger partial charge is 0.222 e. The van der Waals surface area contributed by atoms with Crippen molar-refractivity contribution in [3.8, 4) is 6.07 Å². The first-order chi connectivity index (χ1) is 8.76. The van der Waals surface area contributed by atoms with Crippen molar-refractivity contribution in [2.24, 2.45) is 0 Å². The molecule has 1 aromatic rings. The number of hydrogen-bond donors (Lipinski definition) is 0. The fourth-order valence-corrected chi connectivity index (χ4v) is 3.03. The molecule has 0 radical (unpaired) electrons. The van der Waals surface area contributed by atoms with Gasteiger partial charge in [0, 0.05) is 37.5 Å². The summed E-state index contributed by atoms with van der Waals surface area (Å²) in [6, 6.07) is 6.18. The fraction of sp³-hybridized carbons (Fsp3) is 0.538. The lowest BCUT2D eigenvalue weighted by molar-refractivity contribution is -0.132. The molecule has 0 aromatic carbocycles. The summed E-state index contributed by atoms with van der Waals surface area (Å²) in [6.45, 7) is 4.91. The maximum absolute atomic E-state index is 11.6. The molecule has 18 heavy (non-hydrogen) atoms. The quantitative estimate of drug-likeness (QED) is 0.836. The van der Waals surface area contributed by atoms with Gasteiger partial charge in [0.1, 0.15) is 6.04 Å². The van der Waals surface area contributed by atoms with Crippen LogP contribution in [0.4, 0.5) is 0 Å². The largest absolute Gasteiger partial charge is 0.340 e. The minimum atomic E-state index is -0.163. The summed E-state index contributed by atoms with van der Waals surface area (Å²) in [5.74, 6) is 0.208. The van der Waals surface area contributed by atoms with E-state index in [4.69, 9.17) is 0 Å². The monoisotopic (exact) mass is 263 g/mol. The molecule has 2 heterocycles. The van der Waals surface area contributed by atoms with Crippen molar-refractivity contribution in [3.63, 3.8) is 0 Å². The number of rotatable bonds is 3. The van der Waals surface area contributed by atoms with Crippen molar-refractivity contribution in [1.29, 1.82) is 5.26 Å². The molecule has 1 amide bonds. The van der Waals surface area contributed by atoms with Crippen LogP contribution in [0.15, 0.2) is 17.5 Å². The van der Waals surface area contributed by atoms with Crippen LogP contribution in [-0.4, -0.2) is 41.9 Å². The second-order valence-electron chi connectivity index (χ2n) is 4.32. The highest BCUT2D eigenvalue weighted by molar-refractivity contribution is 7.10. The molecule has 1 saturated heterocycles. The number of nitrogens with zero attached hydrogens (tertiary/aromatic N) is 3. The van der Waals surface area contributed by atoms with Gasteiger partial charge in [0.2, 0.25) is 5.91 Å². The first-order valence-electron chi connectivity index (χ1n) is 6.21.